The smallest absolute Gasteiger partial charge is 0.265 e. The van der Waals surface area contributed by atoms with Crippen molar-refractivity contribution in [3.63, 3.8) is 0 Å². The lowest BCUT2D eigenvalue weighted by Gasteiger charge is -2.05. The molecule has 0 radical (unpaired) electrons. The molecule has 17 heavy (non-hydrogen) atoms. The van der Waals surface area contributed by atoms with Crippen molar-refractivity contribution in [3.8, 4) is 0 Å². The number of amides is 1. The highest BCUT2D eigenvalue weighted by atomic mass is 35.5. The highest BCUT2D eigenvalue weighted by molar-refractivity contribution is 7.14. The van der Waals surface area contributed by atoms with Crippen LogP contribution in [0, 0.1) is 13.8 Å². The molecule has 0 saturated carbocycles. The van der Waals surface area contributed by atoms with E-state index in [1.165, 1.54) is 11.3 Å². The maximum absolute atomic E-state index is 11.9. The van der Waals surface area contributed by atoms with Crippen LogP contribution in [0.4, 0.5) is 5.69 Å². The van der Waals surface area contributed by atoms with Gasteiger partial charge >= 0.3 is 0 Å². The first-order valence-corrected chi connectivity index (χ1v) is 6.39. The third-order valence-electron chi connectivity index (χ3n) is 2.39. The molecule has 88 valence electrons. The lowest BCUT2D eigenvalue weighted by Crippen LogP contribution is -2.09. The number of hydrogen-bond donors (Lipinski definition) is 1. The molecule has 0 fully saturated rings. The monoisotopic (exact) mass is 265 g/mol. The highest BCUT2D eigenvalue weighted by Crippen LogP contribution is 2.21. The number of halogens is 1. The van der Waals surface area contributed by atoms with Crippen LogP contribution in [0.15, 0.2) is 30.3 Å². The Hall–Kier alpha value is -1.32. The molecule has 0 saturated heterocycles. The second kappa shape index (κ2) is 4.90. The summed E-state index contributed by atoms with van der Waals surface area (Å²) >= 11 is 7.48. The Morgan fingerprint density at radius 2 is 2.00 bits per heavy atom. The van der Waals surface area contributed by atoms with Gasteiger partial charge in [-0.15, -0.1) is 11.3 Å². The summed E-state index contributed by atoms with van der Waals surface area (Å²) in [7, 11) is 0. The SMILES string of the molecule is Cc1ccc(C(=O)Nc2ccc(C)c(Cl)c2)s1. The predicted molar refractivity (Wildman–Crippen MR) is 73.2 cm³/mol. The maximum Gasteiger partial charge on any atom is 0.265 e. The van der Waals surface area contributed by atoms with E-state index in [4.69, 9.17) is 11.6 Å². The first-order valence-electron chi connectivity index (χ1n) is 5.20. The largest absolute Gasteiger partial charge is 0.321 e. The molecule has 0 aliphatic rings. The molecule has 2 nitrogen and oxygen atoms in total. The molecule has 2 rings (SSSR count). The second-order valence-corrected chi connectivity index (χ2v) is 5.52. The number of nitrogens with one attached hydrogen (secondary N) is 1. The van der Waals surface area contributed by atoms with Crippen molar-refractivity contribution in [2.45, 2.75) is 13.8 Å². The van der Waals surface area contributed by atoms with Crippen LogP contribution in [0.5, 0.6) is 0 Å². The van der Waals surface area contributed by atoms with Crippen LogP contribution in [0.2, 0.25) is 5.02 Å². The molecule has 0 unspecified atom stereocenters. The van der Waals surface area contributed by atoms with Gasteiger partial charge < -0.3 is 5.32 Å². The Kier molecular flexibility index (Phi) is 3.50. The fraction of sp³-hybridized carbons (Fsp3) is 0.154. The molecule has 1 amide bonds. The van der Waals surface area contributed by atoms with Crippen molar-refractivity contribution in [3.05, 3.63) is 50.7 Å². The molecule has 2 aromatic rings. The summed E-state index contributed by atoms with van der Waals surface area (Å²) in [6, 6.07) is 9.25. The molecule has 0 bridgehead atoms. The molecule has 4 heteroatoms. The van der Waals surface area contributed by atoms with E-state index >= 15 is 0 Å². The fourth-order valence-corrected chi connectivity index (χ4v) is 2.36. The lowest BCUT2D eigenvalue weighted by molar-refractivity contribution is 0.103. The van der Waals surface area contributed by atoms with Gasteiger partial charge in [0.2, 0.25) is 0 Å². The number of hydrogen-bond acceptors (Lipinski definition) is 2. The van der Waals surface area contributed by atoms with Gasteiger partial charge in [-0.25, -0.2) is 0 Å². The number of benzene rings is 1. The molecule has 1 heterocycles. The van der Waals surface area contributed by atoms with E-state index < -0.39 is 0 Å². The number of aryl methyl sites for hydroxylation is 2. The zero-order valence-electron chi connectivity index (χ0n) is 9.58. The summed E-state index contributed by atoms with van der Waals surface area (Å²) in [5.41, 5.74) is 1.72. The molecule has 0 aliphatic carbocycles. The van der Waals surface area contributed by atoms with Crippen molar-refractivity contribution in [1.82, 2.24) is 0 Å². The van der Waals surface area contributed by atoms with Crippen LogP contribution in [0.3, 0.4) is 0 Å². The molecule has 1 aromatic heterocycles. The van der Waals surface area contributed by atoms with Gasteiger partial charge in [0.05, 0.1) is 4.88 Å². The Morgan fingerprint density at radius 1 is 1.24 bits per heavy atom. The van der Waals surface area contributed by atoms with Crippen molar-refractivity contribution in [1.29, 1.82) is 0 Å². The first kappa shape index (κ1) is 12.1. The van der Waals surface area contributed by atoms with E-state index in [-0.39, 0.29) is 5.91 Å². The summed E-state index contributed by atoms with van der Waals surface area (Å²) in [6.45, 7) is 3.90. The van der Waals surface area contributed by atoms with Crippen LogP contribution < -0.4 is 5.32 Å². The van der Waals surface area contributed by atoms with E-state index in [2.05, 4.69) is 5.32 Å². The van der Waals surface area contributed by atoms with Gasteiger partial charge in [0, 0.05) is 15.6 Å². The minimum Gasteiger partial charge on any atom is -0.321 e. The number of carbonyl (C=O) groups is 1. The minimum absolute atomic E-state index is 0.0944. The zero-order chi connectivity index (χ0) is 12.4. The van der Waals surface area contributed by atoms with Crippen LogP contribution in [0.25, 0.3) is 0 Å². The van der Waals surface area contributed by atoms with E-state index in [1.807, 2.05) is 38.1 Å². The summed E-state index contributed by atoms with van der Waals surface area (Å²) in [5, 5.41) is 3.48. The standard InChI is InChI=1S/C13H12ClNOS/c1-8-3-5-10(7-11(8)14)15-13(16)12-6-4-9(2)17-12/h3-7H,1-2H3,(H,15,16). The van der Waals surface area contributed by atoms with Crippen molar-refractivity contribution < 1.29 is 4.79 Å². The molecule has 0 spiro atoms. The van der Waals surface area contributed by atoms with Crippen LogP contribution in [-0.2, 0) is 0 Å². The third-order valence-corrected chi connectivity index (χ3v) is 3.80. The highest BCUT2D eigenvalue weighted by Gasteiger charge is 2.08. The van der Waals surface area contributed by atoms with Crippen molar-refractivity contribution >= 4 is 34.5 Å². The van der Waals surface area contributed by atoms with E-state index in [1.54, 1.807) is 6.07 Å². The molecule has 1 aromatic carbocycles. The normalized spacial score (nSPS) is 10.3. The zero-order valence-corrected chi connectivity index (χ0v) is 11.2. The van der Waals surface area contributed by atoms with Crippen molar-refractivity contribution in [2.24, 2.45) is 0 Å². The average molecular weight is 266 g/mol. The van der Waals surface area contributed by atoms with Crippen LogP contribution >= 0.6 is 22.9 Å². The first-order chi connectivity index (χ1) is 8.06. The fourth-order valence-electron chi connectivity index (χ4n) is 1.42. The number of carbonyl (C=O) groups excluding carboxylic acids is 1. The maximum atomic E-state index is 11.9. The number of rotatable bonds is 2. The van der Waals surface area contributed by atoms with Crippen LogP contribution in [0.1, 0.15) is 20.1 Å². The topological polar surface area (TPSA) is 29.1 Å². The average Bonchev–Trinajstić information content (AvgIpc) is 2.70. The molecule has 1 N–H and O–H groups in total. The summed E-state index contributed by atoms with van der Waals surface area (Å²) in [4.78, 5) is 13.7. The van der Waals surface area contributed by atoms with Gasteiger partial charge in [-0.3, -0.25) is 4.79 Å². The Bertz CT molecular complexity index is 562. The third kappa shape index (κ3) is 2.87. The quantitative estimate of drug-likeness (QED) is 0.863. The predicted octanol–water partition coefficient (Wildman–Crippen LogP) is 4.27. The summed E-state index contributed by atoms with van der Waals surface area (Å²) in [6.07, 6.45) is 0. The van der Waals surface area contributed by atoms with Gasteiger partial charge in [0.15, 0.2) is 0 Å². The minimum atomic E-state index is -0.0944. The molecular formula is C13H12ClNOS. The number of thiophene rings is 1. The van der Waals surface area contributed by atoms with Gasteiger partial charge in [0.25, 0.3) is 5.91 Å². The Balaban J connectivity index is 2.15. The van der Waals surface area contributed by atoms with Gasteiger partial charge in [-0.05, 0) is 43.7 Å². The summed E-state index contributed by atoms with van der Waals surface area (Å²) in [5.74, 6) is -0.0944. The molecule has 0 aliphatic heterocycles. The van der Waals surface area contributed by atoms with E-state index in [0.29, 0.717) is 9.90 Å². The van der Waals surface area contributed by atoms with Gasteiger partial charge in [0.1, 0.15) is 0 Å². The van der Waals surface area contributed by atoms with Crippen LogP contribution in [-0.4, -0.2) is 5.91 Å². The Labute approximate surface area is 109 Å². The van der Waals surface area contributed by atoms with E-state index in [0.717, 1.165) is 16.1 Å². The second-order valence-electron chi connectivity index (χ2n) is 3.83. The number of anilines is 1. The summed E-state index contributed by atoms with van der Waals surface area (Å²) < 4.78 is 0. The lowest BCUT2D eigenvalue weighted by atomic mass is 10.2. The Morgan fingerprint density at radius 3 is 2.59 bits per heavy atom. The van der Waals surface area contributed by atoms with Crippen molar-refractivity contribution in [2.75, 3.05) is 5.32 Å². The molecule has 0 atom stereocenters. The molecular weight excluding hydrogens is 254 g/mol. The van der Waals surface area contributed by atoms with Gasteiger partial charge in [-0.1, -0.05) is 17.7 Å². The van der Waals surface area contributed by atoms with Gasteiger partial charge in [-0.2, -0.15) is 0 Å². The van der Waals surface area contributed by atoms with E-state index in [9.17, 15) is 4.79 Å².